The van der Waals surface area contributed by atoms with E-state index in [1.54, 1.807) is 0 Å². The first kappa shape index (κ1) is 11.1. The lowest BCUT2D eigenvalue weighted by molar-refractivity contribution is 1.32. The molecule has 0 aliphatic rings. The van der Waals surface area contributed by atoms with Crippen molar-refractivity contribution in [2.45, 2.75) is 6.42 Å². The van der Waals surface area contributed by atoms with Crippen LogP contribution in [-0.2, 0) is 6.42 Å². The molecule has 0 aliphatic heterocycles. The molecule has 0 heterocycles. The van der Waals surface area contributed by atoms with Crippen molar-refractivity contribution in [3.63, 3.8) is 0 Å². The fraction of sp³-hybridized carbons (Fsp3) is 0.0588. The van der Waals surface area contributed by atoms with Gasteiger partial charge in [-0.1, -0.05) is 60.2 Å². The Labute approximate surface area is 102 Å². The van der Waals surface area contributed by atoms with Crippen molar-refractivity contribution in [3.05, 3.63) is 71.3 Å². The Morgan fingerprint density at radius 1 is 0.824 bits per heavy atom. The molecule has 2 aromatic carbocycles. The number of hydrogen-bond donors (Lipinski definition) is 0. The molecule has 0 saturated carbocycles. The molecule has 0 spiro atoms. The standard InChI is InChI=1S/C17H12/c1-2-16-12-6-7-13-17(16)14-8-11-15-9-4-3-5-10-15/h1,3-7,9-10,12-13H,11H2. The van der Waals surface area contributed by atoms with Gasteiger partial charge in [-0.05, 0) is 17.7 Å². The Morgan fingerprint density at radius 3 is 2.18 bits per heavy atom. The van der Waals surface area contributed by atoms with Crippen LogP contribution in [0.4, 0.5) is 0 Å². The predicted molar refractivity (Wildman–Crippen MR) is 71.4 cm³/mol. The van der Waals surface area contributed by atoms with E-state index in [0.717, 1.165) is 17.5 Å². The van der Waals surface area contributed by atoms with Crippen molar-refractivity contribution in [2.75, 3.05) is 0 Å². The highest BCUT2D eigenvalue weighted by Crippen LogP contribution is 2.05. The first-order valence-electron chi connectivity index (χ1n) is 5.48. The summed E-state index contributed by atoms with van der Waals surface area (Å²) in [4.78, 5) is 0. The van der Waals surface area contributed by atoms with E-state index in [-0.39, 0.29) is 0 Å². The van der Waals surface area contributed by atoms with E-state index in [4.69, 9.17) is 6.42 Å². The lowest BCUT2D eigenvalue weighted by Crippen LogP contribution is -1.83. The van der Waals surface area contributed by atoms with Crippen molar-refractivity contribution in [2.24, 2.45) is 0 Å². The summed E-state index contributed by atoms with van der Waals surface area (Å²) in [6, 6.07) is 17.9. The van der Waals surface area contributed by atoms with Gasteiger partial charge in [0.1, 0.15) is 0 Å². The lowest BCUT2D eigenvalue weighted by atomic mass is 10.1. The zero-order chi connectivity index (χ0) is 11.9. The van der Waals surface area contributed by atoms with Crippen molar-refractivity contribution < 1.29 is 0 Å². The van der Waals surface area contributed by atoms with Crippen LogP contribution < -0.4 is 0 Å². The van der Waals surface area contributed by atoms with E-state index in [2.05, 4.69) is 29.9 Å². The van der Waals surface area contributed by atoms with Gasteiger partial charge in [-0.2, -0.15) is 0 Å². The molecule has 0 aliphatic carbocycles. The minimum Gasteiger partial charge on any atom is -0.115 e. The Bertz CT molecular complexity index is 589. The number of rotatable bonds is 1. The molecule has 0 saturated heterocycles. The predicted octanol–water partition coefficient (Wildman–Crippen LogP) is 3.26. The minimum absolute atomic E-state index is 0.750. The maximum absolute atomic E-state index is 5.42. The second-order valence-electron chi connectivity index (χ2n) is 3.65. The first-order chi connectivity index (χ1) is 8.40. The molecule has 2 aromatic rings. The van der Waals surface area contributed by atoms with Crippen LogP contribution in [-0.4, -0.2) is 0 Å². The topological polar surface area (TPSA) is 0 Å². The van der Waals surface area contributed by atoms with Crippen LogP contribution in [0.15, 0.2) is 54.6 Å². The van der Waals surface area contributed by atoms with Crippen molar-refractivity contribution in [1.29, 1.82) is 0 Å². The summed E-state index contributed by atoms with van der Waals surface area (Å²) in [6.45, 7) is 0. The van der Waals surface area contributed by atoms with Crippen molar-refractivity contribution >= 4 is 0 Å². The highest BCUT2D eigenvalue weighted by molar-refractivity contribution is 5.49. The normalized spacial score (nSPS) is 8.88. The third kappa shape index (κ3) is 3.00. The van der Waals surface area contributed by atoms with Gasteiger partial charge in [-0.25, -0.2) is 0 Å². The molecular weight excluding hydrogens is 204 g/mol. The maximum atomic E-state index is 5.42. The molecule has 0 fully saturated rings. The molecule has 0 unspecified atom stereocenters. The molecule has 0 aromatic heterocycles. The molecule has 80 valence electrons. The second kappa shape index (κ2) is 5.59. The van der Waals surface area contributed by atoms with Gasteiger partial charge in [0, 0.05) is 17.5 Å². The van der Waals surface area contributed by atoms with E-state index in [1.165, 1.54) is 5.56 Å². The van der Waals surface area contributed by atoms with Crippen LogP contribution in [0.25, 0.3) is 0 Å². The van der Waals surface area contributed by atoms with Gasteiger partial charge in [0.05, 0.1) is 0 Å². The zero-order valence-corrected chi connectivity index (χ0v) is 9.48. The summed E-state index contributed by atoms with van der Waals surface area (Å²) in [5.74, 6) is 8.91. The molecule has 2 rings (SSSR count). The average molecular weight is 216 g/mol. The summed E-state index contributed by atoms with van der Waals surface area (Å²) in [7, 11) is 0. The Morgan fingerprint density at radius 2 is 1.47 bits per heavy atom. The van der Waals surface area contributed by atoms with Crippen LogP contribution in [0.5, 0.6) is 0 Å². The van der Waals surface area contributed by atoms with E-state index >= 15 is 0 Å². The largest absolute Gasteiger partial charge is 0.115 e. The quantitative estimate of drug-likeness (QED) is 0.642. The molecule has 17 heavy (non-hydrogen) atoms. The summed E-state index contributed by atoms with van der Waals surface area (Å²) in [5, 5.41) is 0. The lowest BCUT2D eigenvalue weighted by Gasteiger charge is -1.95. The first-order valence-corrected chi connectivity index (χ1v) is 5.48. The molecule has 0 N–H and O–H groups in total. The van der Waals surface area contributed by atoms with E-state index in [1.807, 2.05) is 42.5 Å². The molecule has 0 heteroatoms. The third-order valence-corrected chi connectivity index (χ3v) is 2.44. The van der Waals surface area contributed by atoms with Gasteiger partial charge in [0.15, 0.2) is 0 Å². The van der Waals surface area contributed by atoms with E-state index in [0.29, 0.717) is 0 Å². The highest BCUT2D eigenvalue weighted by Gasteiger charge is 1.93. The second-order valence-corrected chi connectivity index (χ2v) is 3.65. The van der Waals surface area contributed by atoms with Crippen LogP contribution in [0.2, 0.25) is 0 Å². The Balaban J connectivity index is 2.15. The molecule has 0 bridgehead atoms. The number of benzene rings is 2. The van der Waals surface area contributed by atoms with E-state index < -0.39 is 0 Å². The summed E-state index contributed by atoms with van der Waals surface area (Å²) >= 11 is 0. The van der Waals surface area contributed by atoms with Crippen LogP contribution in [0.1, 0.15) is 16.7 Å². The van der Waals surface area contributed by atoms with Gasteiger partial charge in [-0.3, -0.25) is 0 Å². The summed E-state index contributed by atoms with van der Waals surface area (Å²) < 4.78 is 0. The zero-order valence-electron chi connectivity index (χ0n) is 9.48. The third-order valence-electron chi connectivity index (χ3n) is 2.44. The van der Waals surface area contributed by atoms with Gasteiger partial charge < -0.3 is 0 Å². The summed E-state index contributed by atoms with van der Waals surface area (Å²) in [6.07, 6.45) is 6.17. The van der Waals surface area contributed by atoms with E-state index in [9.17, 15) is 0 Å². The molecule has 0 radical (unpaired) electrons. The maximum Gasteiger partial charge on any atom is 0.0401 e. The summed E-state index contributed by atoms with van der Waals surface area (Å²) in [5.41, 5.74) is 3.00. The Hall–Kier alpha value is -2.44. The number of terminal acetylenes is 1. The van der Waals surface area contributed by atoms with Crippen LogP contribution in [0, 0.1) is 24.2 Å². The highest BCUT2D eigenvalue weighted by atomic mass is 14.0. The van der Waals surface area contributed by atoms with Crippen molar-refractivity contribution in [1.82, 2.24) is 0 Å². The van der Waals surface area contributed by atoms with Gasteiger partial charge >= 0.3 is 0 Å². The smallest absolute Gasteiger partial charge is 0.0401 e. The average Bonchev–Trinajstić information content (AvgIpc) is 2.40. The van der Waals surface area contributed by atoms with Crippen molar-refractivity contribution in [3.8, 4) is 24.2 Å². The molecule has 0 nitrogen and oxygen atoms in total. The fourth-order valence-corrected chi connectivity index (χ4v) is 1.56. The van der Waals surface area contributed by atoms with Gasteiger partial charge in [0.25, 0.3) is 0 Å². The van der Waals surface area contributed by atoms with Gasteiger partial charge in [-0.15, -0.1) is 6.42 Å². The monoisotopic (exact) mass is 216 g/mol. The molecule has 0 amide bonds. The fourth-order valence-electron chi connectivity index (χ4n) is 1.56. The van der Waals surface area contributed by atoms with Crippen LogP contribution in [0.3, 0.4) is 0 Å². The molecule has 0 atom stereocenters. The SMILES string of the molecule is C#Cc1ccccc1C#CCc1ccccc1. The van der Waals surface area contributed by atoms with Gasteiger partial charge in [0.2, 0.25) is 0 Å². The van der Waals surface area contributed by atoms with Crippen LogP contribution >= 0.6 is 0 Å². The minimum atomic E-state index is 0.750. The Kier molecular flexibility index (Phi) is 3.64. The number of hydrogen-bond acceptors (Lipinski definition) is 0. The molecular formula is C17H12.